The van der Waals surface area contributed by atoms with Crippen molar-refractivity contribution in [3.8, 4) is 0 Å². The molecule has 0 aromatic rings. The molecule has 0 radical (unpaired) electrons. The normalized spacial score (nSPS) is 27.8. The second-order valence-electron chi connectivity index (χ2n) is 3.62. The van der Waals surface area contributed by atoms with Gasteiger partial charge in [-0.2, -0.15) is 0 Å². The number of aliphatic hydroxyl groups excluding tert-OH is 1. The fourth-order valence-electron chi connectivity index (χ4n) is 2.20. The Morgan fingerprint density at radius 2 is 2.42 bits per heavy atom. The minimum absolute atomic E-state index is 0.308. The summed E-state index contributed by atoms with van der Waals surface area (Å²) in [6.45, 7) is 5.84. The van der Waals surface area contributed by atoms with Gasteiger partial charge in [-0.05, 0) is 13.3 Å². The zero-order valence-electron chi connectivity index (χ0n) is 7.53. The molecule has 1 unspecified atom stereocenters. The summed E-state index contributed by atoms with van der Waals surface area (Å²) in [4.78, 5) is 4.77. The predicted molar refractivity (Wildman–Crippen MR) is 47.5 cm³/mol. The highest BCUT2D eigenvalue weighted by Crippen LogP contribution is 2.23. The van der Waals surface area contributed by atoms with Crippen LogP contribution in [0.3, 0.4) is 0 Å². The van der Waals surface area contributed by atoms with Gasteiger partial charge in [-0.1, -0.05) is 0 Å². The summed E-state index contributed by atoms with van der Waals surface area (Å²) in [6, 6.07) is 0.550. The topological polar surface area (TPSA) is 26.7 Å². The van der Waals surface area contributed by atoms with E-state index in [0.717, 1.165) is 26.1 Å². The molecule has 3 aliphatic rings. The summed E-state index contributed by atoms with van der Waals surface area (Å²) in [5.41, 5.74) is 1.35. The number of aliphatic hydroxyl groups is 1. The molecular weight excluding hydrogens is 152 g/mol. The van der Waals surface area contributed by atoms with Gasteiger partial charge in [0.05, 0.1) is 0 Å². The van der Waals surface area contributed by atoms with Crippen molar-refractivity contribution in [2.24, 2.45) is 0 Å². The summed E-state index contributed by atoms with van der Waals surface area (Å²) in [6.07, 6.45) is 3.12. The molecule has 1 atom stereocenters. The SMILES string of the molecule is CC1=CN2CCN1C(CCO)C2. The van der Waals surface area contributed by atoms with Gasteiger partial charge >= 0.3 is 0 Å². The molecule has 0 aromatic heterocycles. The highest BCUT2D eigenvalue weighted by Gasteiger charge is 2.29. The maximum atomic E-state index is 8.87. The van der Waals surface area contributed by atoms with E-state index in [4.69, 9.17) is 5.11 Å². The van der Waals surface area contributed by atoms with Crippen molar-refractivity contribution in [2.75, 3.05) is 26.2 Å². The molecule has 3 heterocycles. The van der Waals surface area contributed by atoms with Gasteiger partial charge in [0.25, 0.3) is 0 Å². The van der Waals surface area contributed by atoms with Gasteiger partial charge < -0.3 is 14.9 Å². The lowest BCUT2D eigenvalue weighted by Crippen LogP contribution is -2.54. The van der Waals surface area contributed by atoms with Crippen LogP contribution in [0.5, 0.6) is 0 Å². The van der Waals surface area contributed by atoms with E-state index in [1.165, 1.54) is 5.70 Å². The van der Waals surface area contributed by atoms with Gasteiger partial charge in [-0.15, -0.1) is 0 Å². The Morgan fingerprint density at radius 1 is 1.58 bits per heavy atom. The van der Waals surface area contributed by atoms with E-state index in [-0.39, 0.29) is 0 Å². The number of rotatable bonds is 2. The van der Waals surface area contributed by atoms with E-state index in [0.29, 0.717) is 12.6 Å². The van der Waals surface area contributed by atoms with Crippen LogP contribution in [-0.4, -0.2) is 47.2 Å². The van der Waals surface area contributed by atoms with Crippen molar-refractivity contribution in [1.29, 1.82) is 0 Å². The van der Waals surface area contributed by atoms with Gasteiger partial charge in [0, 0.05) is 44.2 Å². The van der Waals surface area contributed by atoms with Crippen molar-refractivity contribution >= 4 is 0 Å². The van der Waals surface area contributed by atoms with E-state index in [2.05, 4.69) is 22.9 Å². The maximum absolute atomic E-state index is 8.87. The van der Waals surface area contributed by atoms with Crippen LogP contribution in [-0.2, 0) is 0 Å². The molecule has 3 aliphatic heterocycles. The summed E-state index contributed by atoms with van der Waals surface area (Å²) < 4.78 is 0. The average molecular weight is 168 g/mol. The first kappa shape index (κ1) is 7.92. The highest BCUT2D eigenvalue weighted by molar-refractivity contribution is 5.09. The zero-order chi connectivity index (χ0) is 8.55. The van der Waals surface area contributed by atoms with E-state index >= 15 is 0 Å². The Hall–Kier alpha value is -0.700. The van der Waals surface area contributed by atoms with E-state index in [1.54, 1.807) is 0 Å². The van der Waals surface area contributed by atoms with Crippen LogP contribution >= 0.6 is 0 Å². The van der Waals surface area contributed by atoms with Crippen molar-refractivity contribution in [2.45, 2.75) is 19.4 Å². The molecule has 0 saturated carbocycles. The molecule has 3 rings (SSSR count). The Labute approximate surface area is 73.3 Å². The van der Waals surface area contributed by atoms with Crippen LogP contribution in [0, 0.1) is 0 Å². The first-order valence-electron chi connectivity index (χ1n) is 4.61. The lowest BCUT2D eigenvalue weighted by Gasteiger charge is -2.47. The Bertz CT molecular complexity index is 203. The predicted octanol–water partition coefficient (Wildman–Crippen LogP) is 0.230. The third-order valence-corrected chi connectivity index (χ3v) is 2.80. The number of hydrogen-bond donors (Lipinski definition) is 1. The molecule has 68 valence electrons. The smallest absolute Gasteiger partial charge is 0.0484 e. The van der Waals surface area contributed by atoms with E-state index in [1.807, 2.05) is 0 Å². The number of nitrogens with zero attached hydrogens (tertiary/aromatic N) is 2. The summed E-state index contributed by atoms with van der Waals surface area (Å²) in [5, 5.41) is 8.87. The van der Waals surface area contributed by atoms with Crippen molar-refractivity contribution in [3.63, 3.8) is 0 Å². The minimum Gasteiger partial charge on any atom is -0.396 e. The number of allylic oxidation sites excluding steroid dienone is 1. The first-order valence-corrected chi connectivity index (χ1v) is 4.61. The number of fused-ring (bicyclic) bond motifs is 2. The minimum atomic E-state index is 0.308. The number of hydrogen-bond acceptors (Lipinski definition) is 3. The fraction of sp³-hybridized carbons (Fsp3) is 0.778. The summed E-state index contributed by atoms with van der Waals surface area (Å²) in [5.74, 6) is 0. The number of piperazine rings is 1. The van der Waals surface area contributed by atoms with Gasteiger partial charge in [-0.25, -0.2) is 0 Å². The fourth-order valence-corrected chi connectivity index (χ4v) is 2.20. The molecule has 0 aromatic carbocycles. The molecule has 1 N–H and O–H groups in total. The lowest BCUT2D eigenvalue weighted by atomic mass is 10.1. The van der Waals surface area contributed by atoms with Crippen LogP contribution < -0.4 is 0 Å². The molecule has 1 fully saturated rings. The maximum Gasteiger partial charge on any atom is 0.0484 e. The third kappa shape index (κ3) is 1.18. The molecule has 1 saturated heterocycles. The van der Waals surface area contributed by atoms with Crippen LogP contribution in [0.15, 0.2) is 11.9 Å². The second kappa shape index (κ2) is 2.98. The summed E-state index contributed by atoms with van der Waals surface area (Å²) >= 11 is 0. The Kier molecular flexibility index (Phi) is 1.97. The highest BCUT2D eigenvalue weighted by atomic mass is 16.3. The molecule has 0 aliphatic carbocycles. The second-order valence-corrected chi connectivity index (χ2v) is 3.62. The summed E-state index contributed by atoms with van der Waals surface area (Å²) in [7, 11) is 0. The molecule has 12 heavy (non-hydrogen) atoms. The average Bonchev–Trinajstić information content (AvgIpc) is 2.05. The molecule has 3 nitrogen and oxygen atoms in total. The standard InChI is InChI=1S/C9H16N2O/c1-8-6-10-3-4-11(8)9(7-10)2-5-12/h6,9,12H,2-5,7H2,1H3. The van der Waals surface area contributed by atoms with Crippen LogP contribution in [0.2, 0.25) is 0 Å². The molecule has 0 spiro atoms. The first-order chi connectivity index (χ1) is 5.81. The van der Waals surface area contributed by atoms with Gasteiger partial charge in [0.2, 0.25) is 0 Å². The lowest BCUT2D eigenvalue weighted by molar-refractivity contribution is 0.0831. The monoisotopic (exact) mass is 168 g/mol. The van der Waals surface area contributed by atoms with Gasteiger partial charge in [0.15, 0.2) is 0 Å². The van der Waals surface area contributed by atoms with Crippen LogP contribution in [0.4, 0.5) is 0 Å². The van der Waals surface area contributed by atoms with Crippen LogP contribution in [0.25, 0.3) is 0 Å². The van der Waals surface area contributed by atoms with Crippen LogP contribution in [0.1, 0.15) is 13.3 Å². The Morgan fingerprint density at radius 3 is 3.00 bits per heavy atom. The molecular formula is C9H16N2O. The van der Waals surface area contributed by atoms with Crippen molar-refractivity contribution in [3.05, 3.63) is 11.9 Å². The van der Waals surface area contributed by atoms with Crippen molar-refractivity contribution < 1.29 is 5.11 Å². The van der Waals surface area contributed by atoms with Gasteiger partial charge in [-0.3, -0.25) is 0 Å². The van der Waals surface area contributed by atoms with E-state index < -0.39 is 0 Å². The molecule has 2 bridgehead atoms. The zero-order valence-corrected chi connectivity index (χ0v) is 7.53. The van der Waals surface area contributed by atoms with Gasteiger partial charge in [0.1, 0.15) is 0 Å². The Balaban J connectivity index is 2.08. The largest absolute Gasteiger partial charge is 0.396 e. The third-order valence-electron chi connectivity index (χ3n) is 2.80. The molecule has 3 heteroatoms. The van der Waals surface area contributed by atoms with Crippen molar-refractivity contribution in [1.82, 2.24) is 9.80 Å². The quantitative estimate of drug-likeness (QED) is 0.639. The van der Waals surface area contributed by atoms with E-state index in [9.17, 15) is 0 Å². The molecule has 0 amide bonds.